The molecule has 0 spiro atoms. The summed E-state index contributed by atoms with van der Waals surface area (Å²) < 4.78 is 5.79. The van der Waals surface area contributed by atoms with Crippen molar-refractivity contribution in [3.8, 4) is 5.75 Å². The van der Waals surface area contributed by atoms with E-state index in [1.165, 1.54) is 0 Å². The molecule has 130 valence electrons. The summed E-state index contributed by atoms with van der Waals surface area (Å²) in [6, 6.07) is 7.91. The maximum atomic E-state index is 12.4. The number of halogens is 1. The van der Waals surface area contributed by atoms with Gasteiger partial charge >= 0.3 is 0 Å². The maximum absolute atomic E-state index is 12.4. The Morgan fingerprint density at radius 1 is 1.17 bits per heavy atom. The highest BCUT2D eigenvalue weighted by atomic mass is 35.5. The molecule has 23 heavy (non-hydrogen) atoms. The van der Waals surface area contributed by atoms with Gasteiger partial charge in [0, 0.05) is 30.2 Å². The summed E-state index contributed by atoms with van der Waals surface area (Å²) in [6.45, 7) is 13.6. The van der Waals surface area contributed by atoms with Crippen LogP contribution in [0.1, 0.15) is 41.5 Å². The molecule has 5 heteroatoms. The van der Waals surface area contributed by atoms with E-state index in [1.807, 2.05) is 0 Å². The standard InChI is InChI=1S/C18H29ClN2O2/c1-13(2)21(14(3)4)12-11-20-17(22)18(5,6)23-16-9-7-15(19)8-10-16/h7-10,13-14H,11-12H2,1-6H3,(H,20,22). The van der Waals surface area contributed by atoms with Crippen molar-refractivity contribution in [1.29, 1.82) is 0 Å². The van der Waals surface area contributed by atoms with Gasteiger partial charge in [-0.05, 0) is 65.8 Å². The van der Waals surface area contributed by atoms with E-state index >= 15 is 0 Å². The number of carbonyl (C=O) groups excluding carboxylic acids is 1. The molecule has 4 nitrogen and oxygen atoms in total. The first-order valence-corrected chi connectivity index (χ1v) is 8.50. The van der Waals surface area contributed by atoms with Gasteiger partial charge in [0.25, 0.3) is 5.91 Å². The van der Waals surface area contributed by atoms with Crippen molar-refractivity contribution in [2.45, 2.75) is 59.2 Å². The molecule has 0 fully saturated rings. The van der Waals surface area contributed by atoms with Crippen LogP contribution in [-0.4, -0.2) is 41.6 Å². The number of hydrogen-bond acceptors (Lipinski definition) is 3. The average Bonchev–Trinajstić information content (AvgIpc) is 2.44. The fourth-order valence-corrected chi connectivity index (χ4v) is 2.59. The van der Waals surface area contributed by atoms with E-state index in [0.29, 0.717) is 29.4 Å². The minimum Gasteiger partial charge on any atom is -0.478 e. The zero-order chi connectivity index (χ0) is 17.6. The Hall–Kier alpha value is -1.26. The van der Waals surface area contributed by atoms with Crippen LogP contribution >= 0.6 is 11.6 Å². The quantitative estimate of drug-likeness (QED) is 0.784. The van der Waals surface area contributed by atoms with E-state index in [-0.39, 0.29) is 5.91 Å². The molecule has 0 saturated carbocycles. The molecule has 0 bridgehead atoms. The third kappa shape index (κ3) is 6.40. The van der Waals surface area contributed by atoms with Crippen LogP contribution < -0.4 is 10.1 Å². The number of benzene rings is 1. The highest BCUT2D eigenvalue weighted by Gasteiger charge is 2.29. The Kier molecular flexibility index (Phi) is 7.36. The summed E-state index contributed by atoms with van der Waals surface area (Å²) in [5.41, 5.74) is -0.936. The van der Waals surface area contributed by atoms with Crippen LogP contribution in [0, 0.1) is 0 Å². The SMILES string of the molecule is CC(C)N(CCNC(=O)C(C)(C)Oc1ccc(Cl)cc1)C(C)C. The van der Waals surface area contributed by atoms with E-state index < -0.39 is 5.60 Å². The molecule has 1 N–H and O–H groups in total. The van der Waals surface area contributed by atoms with E-state index in [9.17, 15) is 4.79 Å². The van der Waals surface area contributed by atoms with E-state index in [2.05, 4.69) is 37.9 Å². The molecule has 1 rings (SSSR count). The summed E-state index contributed by atoms with van der Waals surface area (Å²) in [7, 11) is 0. The largest absolute Gasteiger partial charge is 0.478 e. The number of nitrogens with zero attached hydrogens (tertiary/aromatic N) is 1. The van der Waals surface area contributed by atoms with Crippen molar-refractivity contribution in [2.24, 2.45) is 0 Å². The number of hydrogen-bond donors (Lipinski definition) is 1. The first-order valence-electron chi connectivity index (χ1n) is 8.12. The van der Waals surface area contributed by atoms with Gasteiger partial charge in [0.1, 0.15) is 5.75 Å². The molecule has 0 aromatic heterocycles. The molecule has 1 aromatic carbocycles. The highest BCUT2D eigenvalue weighted by Crippen LogP contribution is 2.21. The molecular weight excluding hydrogens is 312 g/mol. The molecule has 1 amide bonds. The van der Waals surface area contributed by atoms with Gasteiger partial charge in [-0.2, -0.15) is 0 Å². The van der Waals surface area contributed by atoms with Gasteiger partial charge in [0.15, 0.2) is 5.60 Å². The van der Waals surface area contributed by atoms with Gasteiger partial charge in [0.05, 0.1) is 0 Å². The minimum atomic E-state index is -0.936. The van der Waals surface area contributed by atoms with Crippen molar-refractivity contribution in [2.75, 3.05) is 13.1 Å². The van der Waals surface area contributed by atoms with Crippen LogP contribution in [0.25, 0.3) is 0 Å². The fourth-order valence-electron chi connectivity index (χ4n) is 2.47. The maximum Gasteiger partial charge on any atom is 0.263 e. The predicted molar refractivity (Wildman–Crippen MR) is 96.1 cm³/mol. The molecule has 0 heterocycles. The number of carbonyl (C=O) groups is 1. The van der Waals surface area contributed by atoms with Crippen molar-refractivity contribution >= 4 is 17.5 Å². The summed E-state index contributed by atoms with van der Waals surface area (Å²) >= 11 is 5.86. The second-order valence-electron chi connectivity index (χ2n) is 6.75. The lowest BCUT2D eigenvalue weighted by atomic mass is 10.1. The highest BCUT2D eigenvalue weighted by molar-refractivity contribution is 6.30. The molecular formula is C18H29ClN2O2. The van der Waals surface area contributed by atoms with Crippen LogP contribution in [0.5, 0.6) is 5.75 Å². The number of nitrogens with one attached hydrogen (secondary N) is 1. The molecule has 0 aliphatic carbocycles. The minimum absolute atomic E-state index is 0.125. The Morgan fingerprint density at radius 2 is 1.70 bits per heavy atom. The first kappa shape index (κ1) is 19.8. The average molecular weight is 341 g/mol. The molecule has 0 saturated heterocycles. The van der Waals surface area contributed by atoms with Gasteiger partial charge < -0.3 is 10.1 Å². The Bertz CT molecular complexity index is 490. The zero-order valence-electron chi connectivity index (χ0n) is 15.0. The van der Waals surface area contributed by atoms with Gasteiger partial charge in [-0.15, -0.1) is 0 Å². The van der Waals surface area contributed by atoms with E-state index in [4.69, 9.17) is 16.3 Å². The smallest absolute Gasteiger partial charge is 0.263 e. The van der Waals surface area contributed by atoms with Crippen molar-refractivity contribution < 1.29 is 9.53 Å². The molecule has 0 radical (unpaired) electrons. The Morgan fingerprint density at radius 3 is 2.17 bits per heavy atom. The summed E-state index contributed by atoms with van der Waals surface area (Å²) in [4.78, 5) is 14.7. The van der Waals surface area contributed by atoms with Crippen LogP contribution in [0.3, 0.4) is 0 Å². The number of ether oxygens (including phenoxy) is 1. The Balaban J connectivity index is 2.53. The molecule has 1 aromatic rings. The third-order valence-corrected chi connectivity index (χ3v) is 3.97. The summed E-state index contributed by atoms with van der Waals surface area (Å²) in [5, 5.41) is 3.60. The van der Waals surface area contributed by atoms with Gasteiger partial charge in [-0.25, -0.2) is 0 Å². The third-order valence-electron chi connectivity index (χ3n) is 3.72. The van der Waals surface area contributed by atoms with Crippen LogP contribution in [0.4, 0.5) is 0 Å². The summed E-state index contributed by atoms with van der Waals surface area (Å²) in [5.74, 6) is 0.500. The van der Waals surface area contributed by atoms with Crippen LogP contribution in [0.2, 0.25) is 5.02 Å². The lowest BCUT2D eigenvalue weighted by Gasteiger charge is -2.31. The van der Waals surface area contributed by atoms with Crippen molar-refractivity contribution in [3.05, 3.63) is 29.3 Å². The predicted octanol–water partition coefficient (Wildman–Crippen LogP) is 3.73. The number of amides is 1. The van der Waals surface area contributed by atoms with Gasteiger partial charge in [-0.3, -0.25) is 9.69 Å². The zero-order valence-corrected chi connectivity index (χ0v) is 15.8. The normalized spacial score (nSPS) is 12.1. The monoisotopic (exact) mass is 340 g/mol. The van der Waals surface area contributed by atoms with E-state index in [0.717, 1.165) is 6.54 Å². The second-order valence-corrected chi connectivity index (χ2v) is 7.18. The fraction of sp³-hybridized carbons (Fsp3) is 0.611. The number of rotatable bonds is 8. The Labute approximate surface area is 145 Å². The van der Waals surface area contributed by atoms with Crippen molar-refractivity contribution in [3.63, 3.8) is 0 Å². The molecule has 0 aliphatic rings. The van der Waals surface area contributed by atoms with E-state index in [1.54, 1.807) is 38.1 Å². The molecule has 0 unspecified atom stereocenters. The molecule has 0 aliphatic heterocycles. The summed E-state index contributed by atoms with van der Waals surface area (Å²) in [6.07, 6.45) is 0. The first-order chi connectivity index (χ1) is 10.6. The van der Waals surface area contributed by atoms with Gasteiger partial charge in [-0.1, -0.05) is 11.6 Å². The van der Waals surface area contributed by atoms with Gasteiger partial charge in [0.2, 0.25) is 0 Å². The molecule has 0 atom stereocenters. The topological polar surface area (TPSA) is 41.6 Å². The lowest BCUT2D eigenvalue weighted by Crippen LogP contribution is -2.49. The van der Waals surface area contributed by atoms with Crippen molar-refractivity contribution in [1.82, 2.24) is 10.2 Å². The lowest BCUT2D eigenvalue weighted by molar-refractivity contribution is -0.134. The van der Waals surface area contributed by atoms with Crippen LogP contribution in [0.15, 0.2) is 24.3 Å². The second kappa shape index (κ2) is 8.55. The van der Waals surface area contributed by atoms with Crippen LogP contribution in [-0.2, 0) is 4.79 Å².